The Morgan fingerprint density at radius 1 is 1.10 bits per heavy atom. The molecule has 0 saturated carbocycles. The zero-order valence-corrected chi connectivity index (χ0v) is 17.5. The summed E-state index contributed by atoms with van der Waals surface area (Å²) < 4.78 is 5.52. The lowest BCUT2D eigenvalue weighted by atomic mass is 9.87. The lowest BCUT2D eigenvalue weighted by Crippen LogP contribution is -2.25. The van der Waals surface area contributed by atoms with E-state index in [4.69, 9.17) is 4.52 Å². The van der Waals surface area contributed by atoms with Crippen LogP contribution in [0.15, 0.2) is 53.1 Å². The Hall–Kier alpha value is -2.95. The van der Waals surface area contributed by atoms with Crippen molar-refractivity contribution in [1.82, 2.24) is 10.1 Å². The second-order valence-electron chi connectivity index (χ2n) is 8.67. The van der Waals surface area contributed by atoms with Crippen LogP contribution in [0.25, 0.3) is 11.5 Å². The van der Waals surface area contributed by atoms with Crippen LogP contribution in [0.3, 0.4) is 0 Å². The highest BCUT2D eigenvalue weighted by atomic mass is 16.5. The summed E-state index contributed by atoms with van der Waals surface area (Å²) >= 11 is 0. The first kappa shape index (κ1) is 19.4. The van der Waals surface area contributed by atoms with Gasteiger partial charge in [0.05, 0.1) is 0 Å². The number of benzene rings is 2. The van der Waals surface area contributed by atoms with E-state index in [2.05, 4.69) is 56.0 Å². The fraction of sp³-hybridized carbons (Fsp3) is 0.375. The van der Waals surface area contributed by atoms with E-state index in [-0.39, 0.29) is 17.2 Å². The Bertz CT molecular complexity index is 1020. The fourth-order valence-electron chi connectivity index (χ4n) is 3.82. The number of para-hydroxylation sites is 1. The maximum atomic E-state index is 12.7. The summed E-state index contributed by atoms with van der Waals surface area (Å²) in [5.41, 5.74) is 4.42. The van der Waals surface area contributed by atoms with Crippen LogP contribution in [0.5, 0.6) is 0 Å². The molecule has 1 unspecified atom stereocenters. The molecular weight excluding hydrogens is 362 g/mol. The van der Waals surface area contributed by atoms with Crippen LogP contribution < -0.4 is 4.90 Å². The quantitative estimate of drug-likeness (QED) is 0.622. The first-order valence-corrected chi connectivity index (χ1v) is 10.2. The number of nitrogens with zero attached hydrogens (tertiary/aromatic N) is 3. The van der Waals surface area contributed by atoms with E-state index in [0.717, 1.165) is 17.7 Å². The van der Waals surface area contributed by atoms with Gasteiger partial charge >= 0.3 is 0 Å². The Balaban J connectivity index is 1.54. The van der Waals surface area contributed by atoms with Crippen LogP contribution >= 0.6 is 0 Å². The molecule has 2 aromatic carbocycles. The van der Waals surface area contributed by atoms with Gasteiger partial charge in [-0.1, -0.05) is 63.2 Å². The summed E-state index contributed by atoms with van der Waals surface area (Å²) in [7, 11) is 0. The predicted octanol–water partition coefficient (Wildman–Crippen LogP) is 5.12. The van der Waals surface area contributed by atoms with Crippen molar-refractivity contribution in [1.29, 1.82) is 0 Å². The maximum absolute atomic E-state index is 12.7. The van der Waals surface area contributed by atoms with Gasteiger partial charge < -0.3 is 9.42 Å². The van der Waals surface area contributed by atoms with Crippen molar-refractivity contribution in [2.24, 2.45) is 0 Å². The number of rotatable bonds is 4. The van der Waals surface area contributed by atoms with Gasteiger partial charge in [0.25, 0.3) is 5.89 Å². The lowest BCUT2D eigenvalue weighted by Gasteiger charge is -2.19. The molecule has 1 aromatic heterocycles. The molecule has 3 aromatic rings. The van der Waals surface area contributed by atoms with Crippen LogP contribution in [0.2, 0.25) is 0 Å². The number of carbonyl (C=O) groups excluding carboxylic acids is 1. The highest BCUT2D eigenvalue weighted by molar-refractivity contribution is 5.97. The van der Waals surface area contributed by atoms with E-state index in [1.807, 2.05) is 35.2 Å². The molecule has 0 aliphatic carbocycles. The van der Waals surface area contributed by atoms with E-state index in [1.54, 1.807) is 0 Å². The summed E-state index contributed by atoms with van der Waals surface area (Å²) in [6.45, 7) is 9.25. The SMILES string of the molecule is CCc1ccccc1N1CC(c2noc(-c3ccc(C(C)(C)C)cc3)n2)CC1=O. The number of carbonyl (C=O) groups is 1. The van der Waals surface area contributed by atoms with Crippen molar-refractivity contribution in [3.05, 3.63) is 65.5 Å². The third-order valence-corrected chi connectivity index (χ3v) is 5.59. The molecule has 5 nitrogen and oxygen atoms in total. The number of hydrogen-bond donors (Lipinski definition) is 0. The largest absolute Gasteiger partial charge is 0.334 e. The van der Waals surface area contributed by atoms with E-state index in [0.29, 0.717) is 24.7 Å². The Morgan fingerprint density at radius 3 is 2.52 bits per heavy atom. The third-order valence-electron chi connectivity index (χ3n) is 5.59. The molecule has 2 heterocycles. The van der Waals surface area contributed by atoms with Gasteiger partial charge in [-0.25, -0.2) is 0 Å². The van der Waals surface area contributed by atoms with Gasteiger partial charge in [-0.15, -0.1) is 0 Å². The normalized spacial score (nSPS) is 17.2. The zero-order valence-electron chi connectivity index (χ0n) is 17.5. The first-order valence-electron chi connectivity index (χ1n) is 10.2. The molecule has 0 N–H and O–H groups in total. The maximum Gasteiger partial charge on any atom is 0.257 e. The summed E-state index contributed by atoms with van der Waals surface area (Å²) in [5.74, 6) is 1.15. The zero-order chi connectivity index (χ0) is 20.6. The number of amides is 1. The van der Waals surface area contributed by atoms with Gasteiger partial charge in [-0.2, -0.15) is 4.98 Å². The van der Waals surface area contributed by atoms with Crippen LogP contribution in [-0.4, -0.2) is 22.6 Å². The third kappa shape index (κ3) is 3.82. The van der Waals surface area contributed by atoms with Crippen LogP contribution in [0, 0.1) is 0 Å². The van der Waals surface area contributed by atoms with Gasteiger partial charge in [0, 0.05) is 30.1 Å². The molecule has 29 heavy (non-hydrogen) atoms. The van der Waals surface area contributed by atoms with Crippen molar-refractivity contribution in [2.75, 3.05) is 11.4 Å². The average Bonchev–Trinajstić information content (AvgIpc) is 3.34. The summed E-state index contributed by atoms with van der Waals surface area (Å²) in [6.07, 6.45) is 1.29. The minimum atomic E-state index is -0.0567. The second kappa shape index (κ2) is 7.47. The van der Waals surface area contributed by atoms with Gasteiger partial charge in [-0.05, 0) is 41.2 Å². The highest BCUT2D eigenvalue weighted by Crippen LogP contribution is 2.33. The molecule has 1 aliphatic rings. The number of hydrogen-bond acceptors (Lipinski definition) is 4. The minimum Gasteiger partial charge on any atom is -0.334 e. The molecule has 1 atom stereocenters. The predicted molar refractivity (Wildman–Crippen MR) is 114 cm³/mol. The van der Waals surface area contributed by atoms with Gasteiger partial charge in [-0.3, -0.25) is 4.79 Å². The molecule has 5 heteroatoms. The lowest BCUT2D eigenvalue weighted by molar-refractivity contribution is -0.117. The van der Waals surface area contributed by atoms with E-state index < -0.39 is 0 Å². The van der Waals surface area contributed by atoms with E-state index in [9.17, 15) is 4.79 Å². The summed E-state index contributed by atoms with van der Waals surface area (Å²) in [5, 5.41) is 4.19. The molecule has 0 radical (unpaired) electrons. The monoisotopic (exact) mass is 389 g/mol. The second-order valence-corrected chi connectivity index (χ2v) is 8.67. The molecule has 4 rings (SSSR count). The van der Waals surface area contributed by atoms with Crippen molar-refractivity contribution >= 4 is 11.6 Å². The number of aromatic nitrogens is 2. The molecule has 0 spiro atoms. The van der Waals surface area contributed by atoms with Crippen molar-refractivity contribution in [3.8, 4) is 11.5 Å². The van der Waals surface area contributed by atoms with Crippen molar-refractivity contribution in [2.45, 2.75) is 51.9 Å². The fourth-order valence-corrected chi connectivity index (χ4v) is 3.82. The molecule has 1 saturated heterocycles. The molecule has 1 fully saturated rings. The average molecular weight is 389 g/mol. The topological polar surface area (TPSA) is 59.2 Å². The Kier molecular flexibility index (Phi) is 4.99. The van der Waals surface area contributed by atoms with Gasteiger partial charge in [0.15, 0.2) is 5.82 Å². The van der Waals surface area contributed by atoms with Crippen LogP contribution in [0.4, 0.5) is 5.69 Å². The summed E-state index contributed by atoms with van der Waals surface area (Å²) in [6, 6.07) is 16.3. The van der Waals surface area contributed by atoms with Crippen molar-refractivity contribution in [3.63, 3.8) is 0 Å². The number of aryl methyl sites for hydroxylation is 1. The minimum absolute atomic E-state index is 0.0567. The van der Waals surface area contributed by atoms with Gasteiger partial charge in [0.1, 0.15) is 0 Å². The highest BCUT2D eigenvalue weighted by Gasteiger charge is 2.35. The van der Waals surface area contributed by atoms with E-state index in [1.165, 1.54) is 11.1 Å². The van der Waals surface area contributed by atoms with Crippen LogP contribution in [-0.2, 0) is 16.6 Å². The van der Waals surface area contributed by atoms with Crippen LogP contribution in [0.1, 0.15) is 57.0 Å². The van der Waals surface area contributed by atoms with Crippen molar-refractivity contribution < 1.29 is 9.32 Å². The Labute approximate surface area is 171 Å². The molecule has 1 amide bonds. The Morgan fingerprint density at radius 2 is 1.83 bits per heavy atom. The first-order chi connectivity index (χ1) is 13.9. The molecule has 0 bridgehead atoms. The molecule has 1 aliphatic heterocycles. The standard InChI is InChI=1S/C24H27N3O2/c1-5-16-8-6-7-9-20(16)27-15-18(14-21(27)28)22-25-23(29-26-22)17-10-12-19(13-11-17)24(2,3)4/h6-13,18H,5,14-15H2,1-4H3. The molecular formula is C24H27N3O2. The van der Waals surface area contributed by atoms with E-state index >= 15 is 0 Å². The van der Waals surface area contributed by atoms with Gasteiger partial charge in [0.2, 0.25) is 5.91 Å². The molecule has 150 valence electrons. The number of anilines is 1. The summed E-state index contributed by atoms with van der Waals surface area (Å²) in [4.78, 5) is 19.1. The smallest absolute Gasteiger partial charge is 0.257 e.